The van der Waals surface area contributed by atoms with Crippen molar-refractivity contribution in [2.24, 2.45) is 0 Å². The SMILES string of the molecule is O=C(O)CC1CN(C(=O)c2cc3c([nH]c2=O)CCCCC3)CCO1. The molecule has 0 saturated carbocycles. The van der Waals surface area contributed by atoms with Crippen LogP contribution in [0.15, 0.2) is 10.9 Å². The number of carboxylic acids is 1. The summed E-state index contributed by atoms with van der Waals surface area (Å²) in [6.07, 6.45) is 4.28. The molecule has 0 aromatic carbocycles. The number of rotatable bonds is 3. The van der Waals surface area contributed by atoms with Crippen molar-refractivity contribution in [3.05, 3.63) is 33.2 Å². The summed E-state index contributed by atoms with van der Waals surface area (Å²) in [5, 5.41) is 8.87. The fourth-order valence-electron chi connectivity index (χ4n) is 3.40. The van der Waals surface area contributed by atoms with Crippen molar-refractivity contribution in [2.75, 3.05) is 19.7 Å². The molecule has 0 radical (unpaired) electrons. The van der Waals surface area contributed by atoms with Gasteiger partial charge in [-0.1, -0.05) is 6.42 Å². The molecule has 1 fully saturated rings. The zero-order valence-electron chi connectivity index (χ0n) is 13.5. The van der Waals surface area contributed by atoms with E-state index < -0.39 is 12.1 Å². The fourth-order valence-corrected chi connectivity index (χ4v) is 3.40. The third-order valence-corrected chi connectivity index (χ3v) is 4.65. The summed E-state index contributed by atoms with van der Waals surface area (Å²) in [5.41, 5.74) is 1.78. The standard InChI is InChI=1S/C17H22N2O5/c20-15(21)9-12-10-19(6-7-24-12)17(23)13-8-11-4-2-1-3-5-14(11)18-16(13)22/h8,12H,1-7,9-10H2,(H,18,22)(H,20,21). The molecular weight excluding hydrogens is 312 g/mol. The number of carbonyl (C=O) groups is 2. The summed E-state index contributed by atoms with van der Waals surface area (Å²) < 4.78 is 5.38. The van der Waals surface area contributed by atoms with E-state index >= 15 is 0 Å². The van der Waals surface area contributed by atoms with Gasteiger partial charge in [0, 0.05) is 18.8 Å². The molecule has 1 aromatic rings. The molecule has 0 spiro atoms. The molecule has 1 unspecified atom stereocenters. The maximum absolute atomic E-state index is 12.7. The van der Waals surface area contributed by atoms with Crippen LogP contribution in [0.3, 0.4) is 0 Å². The predicted octanol–water partition coefficient (Wildman–Crippen LogP) is 0.959. The summed E-state index contributed by atoms with van der Waals surface area (Å²) in [6, 6.07) is 1.73. The summed E-state index contributed by atoms with van der Waals surface area (Å²) >= 11 is 0. The summed E-state index contributed by atoms with van der Waals surface area (Å²) in [7, 11) is 0. The molecule has 0 bridgehead atoms. The van der Waals surface area contributed by atoms with Gasteiger partial charge >= 0.3 is 5.97 Å². The van der Waals surface area contributed by atoms with Crippen molar-refractivity contribution in [3.8, 4) is 0 Å². The van der Waals surface area contributed by atoms with Crippen LogP contribution in [-0.4, -0.2) is 52.7 Å². The van der Waals surface area contributed by atoms with E-state index in [1.165, 1.54) is 4.90 Å². The lowest BCUT2D eigenvalue weighted by Crippen LogP contribution is -2.47. The van der Waals surface area contributed by atoms with Crippen LogP contribution < -0.4 is 5.56 Å². The van der Waals surface area contributed by atoms with Gasteiger partial charge in [-0.25, -0.2) is 0 Å². The van der Waals surface area contributed by atoms with Crippen molar-refractivity contribution in [2.45, 2.75) is 44.6 Å². The first kappa shape index (κ1) is 16.7. The van der Waals surface area contributed by atoms with Crippen molar-refractivity contribution >= 4 is 11.9 Å². The van der Waals surface area contributed by atoms with Crippen LogP contribution in [0.2, 0.25) is 0 Å². The van der Waals surface area contributed by atoms with Gasteiger partial charge in [-0.3, -0.25) is 14.4 Å². The van der Waals surface area contributed by atoms with Crippen molar-refractivity contribution in [3.63, 3.8) is 0 Å². The number of fused-ring (bicyclic) bond motifs is 1. The molecule has 2 N–H and O–H groups in total. The molecule has 2 aliphatic rings. The number of ether oxygens (including phenoxy) is 1. The molecular formula is C17H22N2O5. The molecule has 7 heteroatoms. The van der Waals surface area contributed by atoms with Gasteiger partial charge in [0.25, 0.3) is 11.5 Å². The maximum Gasteiger partial charge on any atom is 0.306 e. The number of carbonyl (C=O) groups excluding carboxylic acids is 1. The van der Waals surface area contributed by atoms with E-state index in [0.29, 0.717) is 6.54 Å². The monoisotopic (exact) mass is 334 g/mol. The van der Waals surface area contributed by atoms with Crippen LogP contribution in [-0.2, 0) is 22.4 Å². The lowest BCUT2D eigenvalue weighted by Gasteiger charge is -2.32. The van der Waals surface area contributed by atoms with Crippen LogP contribution >= 0.6 is 0 Å². The minimum atomic E-state index is -0.961. The first-order valence-corrected chi connectivity index (χ1v) is 8.42. The first-order valence-electron chi connectivity index (χ1n) is 8.42. The van der Waals surface area contributed by atoms with E-state index in [1.807, 2.05) is 0 Å². The summed E-state index contributed by atoms with van der Waals surface area (Å²) in [6.45, 7) is 0.847. The van der Waals surface area contributed by atoms with Crippen molar-refractivity contribution in [1.29, 1.82) is 0 Å². The molecule has 1 aliphatic heterocycles. The number of morpholine rings is 1. The number of aliphatic carboxylic acids is 1. The number of nitrogens with zero attached hydrogens (tertiary/aromatic N) is 1. The summed E-state index contributed by atoms with van der Waals surface area (Å²) in [5.74, 6) is -1.31. The molecule has 24 heavy (non-hydrogen) atoms. The number of carboxylic acid groups (broad SMARTS) is 1. The van der Waals surface area contributed by atoms with Gasteiger partial charge in [-0.15, -0.1) is 0 Å². The van der Waals surface area contributed by atoms with Crippen LogP contribution in [0.1, 0.15) is 47.3 Å². The number of H-pyrrole nitrogens is 1. The number of hydrogen-bond donors (Lipinski definition) is 2. The Bertz CT molecular complexity index is 697. The molecule has 1 aromatic heterocycles. The number of amides is 1. The van der Waals surface area contributed by atoms with Gasteiger partial charge in [-0.2, -0.15) is 0 Å². The second-order valence-electron chi connectivity index (χ2n) is 6.42. The number of hydrogen-bond acceptors (Lipinski definition) is 4. The van der Waals surface area contributed by atoms with Crippen LogP contribution in [0.5, 0.6) is 0 Å². The minimum Gasteiger partial charge on any atom is -0.481 e. The van der Waals surface area contributed by atoms with E-state index in [0.717, 1.165) is 43.4 Å². The lowest BCUT2D eigenvalue weighted by molar-refractivity contribution is -0.141. The van der Waals surface area contributed by atoms with Gasteiger partial charge in [0.1, 0.15) is 5.56 Å². The highest BCUT2D eigenvalue weighted by atomic mass is 16.5. The van der Waals surface area contributed by atoms with Crippen LogP contribution in [0, 0.1) is 0 Å². The van der Waals surface area contributed by atoms with Crippen molar-refractivity contribution in [1.82, 2.24) is 9.88 Å². The Labute approximate surface area is 139 Å². The Morgan fingerprint density at radius 2 is 2.08 bits per heavy atom. The largest absolute Gasteiger partial charge is 0.481 e. The average Bonchev–Trinajstić information content (AvgIpc) is 2.78. The minimum absolute atomic E-state index is 0.145. The van der Waals surface area contributed by atoms with Gasteiger partial charge in [0.15, 0.2) is 0 Å². The second kappa shape index (κ2) is 7.17. The Morgan fingerprint density at radius 3 is 2.88 bits per heavy atom. The van der Waals surface area contributed by atoms with E-state index in [4.69, 9.17) is 9.84 Å². The molecule has 7 nitrogen and oxygen atoms in total. The molecule has 2 heterocycles. The molecule has 130 valence electrons. The van der Waals surface area contributed by atoms with E-state index in [9.17, 15) is 14.4 Å². The van der Waals surface area contributed by atoms with Crippen LogP contribution in [0.4, 0.5) is 0 Å². The number of nitrogens with one attached hydrogen (secondary N) is 1. The molecule has 1 atom stereocenters. The predicted molar refractivity (Wildman–Crippen MR) is 86.2 cm³/mol. The normalized spacial score (nSPS) is 21.0. The van der Waals surface area contributed by atoms with E-state index in [1.54, 1.807) is 6.07 Å². The average molecular weight is 334 g/mol. The smallest absolute Gasteiger partial charge is 0.306 e. The Morgan fingerprint density at radius 1 is 1.29 bits per heavy atom. The van der Waals surface area contributed by atoms with Crippen molar-refractivity contribution < 1.29 is 19.4 Å². The Kier molecular flexibility index (Phi) is 4.99. The third-order valence-electron chi connectivity index (χ3n) is 4.65. The number of aromatic nitrogens is 1. The molecule has 1 amide bonds. The highest BCUT2D eigenvalue weighted by molar-refractivity contribution is 5.94. The number of aromatic amines is 1. The summed E-state index contributed by atoms with van der Waals surface area (Å²) in [4.78, 5) is 40.3. The Balaban J connectivity index is 1.80. The third kappa shape index (κ3) is 3.67. The fraction of sp³-hybridized carbons (Fsp3) is 0.588. The highest BCUT2D eigenvalue weighted by Crippen LogP contribution is 2.19. The van der Waals surface area contributed by atoms with E-state index in [-0.39, 0.29) is 36.6 Å². The van der Waals surface area contributed by atoms with Gasteiger partial charge in [-0.05, 0) is 37.3 Å². The zero-order chi connectivity index (χ0) is 17.1. The van der Waals surface area contributed by atoms with Gasteiger partial charge in [0.05, 0.1) is 19.1 Å². The highest BCUT2D eigenvalue weighted by Gasteiger charge is 2.28. The Hall–Kier alpha value is -2.15. The van der Waals surface area contributed by atoms with Crippen LogP contribution in [0.25, 0.3) is 0 Å². The zero-order valence-corrected chi connectivity index (χ0v) is 13.5. The van der Waals surface area contributed by atoms with Gasteiger partial charge in [0.2, 0.25) is 0 Å². The topological polar surface area (TPSA) is 99.7 Å². The lowest BCUT2D eigenvalue weighted by atomic mass is 10.1. The molecule has 3 rings (SSSR count). The van der Waals surface area contributed by atoms with E-state index in [2.05, 4.69) is 4.98 Å². The quantitative estimate of drug-likeness (QED) is 0.802. The molecule has 1 saturated heterocycles. The number of aryl methyl sites for hydroxylation is 2. The molecule has 1 aliphatic carbocycles. The second-order valence-corrected chi connectivity index (χ2v) is 6.42. The maximum atomic E-state index is 12.7. The first-order chi connectivity index (χ1) is 11.5. The number of pyridine rings is 1. The van der Waals surface area contributed by atoms with Gasteiger partial charge < -0.3 is 19.7 Å².